The van der Waals surface area contributed by atoms with Gasteiger partial charge in [0.1, 0.15) is 30.3 Å². The van der Waals surface area contributed by atoms with Crippen LogP contribution in [0.25, 0.3) is 27.5 Å². The lowest BCUT2D eigenvalue weighted by Gasteiger charge is -2.40. The minimum absolute atomic E-state index is 0.0733. The number of piperazine rings is 1. The van der Waals surface area contributed by atoms with E-state index in [1.807, 2.05) is 71.6 Å². The van der Waals surface area contributed by atoms with Crippen LogP contribution in [0.1, 0.15) is 30.7 Å². The van der Waals surface area contributed by atoms with Crippen molar-refractivity contribution in [2.75, 3.05) is 51.8 Å². The number of aromatic nitrogens is 4. The predicted molar refractivity (Wildman–Crippen MR) is 192 cm³/mol. The molecule has 2 aromatic heterocycles. The Kier molecular flexibility index (Phi) is 9.68. The summed E-state index contributed by atoms with van der Waals surface area (Å²) in [5.74, 6) is 1.46. The lowest BCUT2D eigenvalue weighted by atomic mass is 10.1. The Balaban J connectivity index is 1.28. The summed E-state index contributed by atoms with van der Waals surface area (Å²) in [5.41, 5.74) is 1.54. The van der Waals surface area contributed by atoms with E-state index in [9.17, 15) is 14.9 Å². The van der Waals surface area contributed by atoms with E-state index in [0.717, 1.165) is 35.7 Å². The monoisotopic (exact) mass is 688 g/mol. The third kappa shape index (κ3) is 6.87. The van der Waals surface area contributed by atoms with Gasteiger partial charge >= 0.3 is 12.1 Å². The highest BCUT2D eigenvalue weighted by Crippen LogP contribution is 2.31. The molecule has 0 N–H and O–H groups in total. The van der Waals surface area contributed by atoms with Crippen molar-refractivity contribution >= 4 is 33.7 Å². The van der Waals surface area contributed by atoms with Crippen LogP contribution in [0.15, 0.2) is 71.5 Å². The fourth-order valence-corrected chi connectivity index (χ4v) is 7.01. The molecule has 51 heavy (non-hydrogen) atoms. The molecule has 2 aliphatic heterocycles. The average molecular weight is 689 g/mol. The molecule has 1 amide bonds. The number of methoxy groups -OCH3 is 1. The van der Waals surface area contributed by atoms with E-state index in [0.29, 0.717) is 41.7 Å². The molecule has 4 heterocycles. The Morgan fingerprint density at radius 3 is 2.55 bits per heavy atom. The zero-order valence-corrected chi connectivity index (χ0v) is 29.0. The largest absolute Gasteiger partial charge is 0.497 e. The van der Waals surface area contributed by atoms with Gasteiger partial charge in [0.15, 0.2) is 11.3 Å². The number of likely N-dealkylation sites (tertiary alicyclic amines) is 1. The second kappa shape index (κ2) is 14.6. The number of carbonyl (C=O) groups is 1. The fourth-order valence-electron chi connectivity index (χ4n) is 7.01. The van der Waals surface area contributed by atoms with Crippen LogP contribution in [0.2, 0.25) is 0 Å². The number of benzene rings is 3. The lowest BCUT2D eigenvalue weighted by molar-refractivity contribution is 0.0768. The zero-order valence-electron chi connectivity index (χ0n) is 29.0. The molecule has 13 nitrogen and oxygen atoms in total. The van der Waals surface area contributed by atoms with E-state index in [4.69, 9.17) is 24.2 Å². The average Bonchev–Trinajstić information content (AvgIpc) is 3.57. The second-order valence-electron chi connectivity index (χ2n) is 13.0. The van der Waals surface area contributed by atoms with Crippen molar-refractivity contribution in [1.82, 2.24) is 29.3 Å². The summed E-state index contributed by atoms with van der Waals surface area (Å²) >= 11 is 0. The number of ether oxygens (including phenoxy) is 3. The van der Waals surface area contributed by atoms with Crippen molar-refractivity contribution in [3.8, 4) is 23.5 Å². The minimum atomic E-state index is -0.488. The third-order valence-electron chi connectivity index (χ3n) is 9.76. The van der Waals surface area contributed by atoms with Gasteiger partial charge in [-0.25, -0.2) is 9.78 Å². The summed E-state index contributed by atoms with van der Waals surface area (Å²) in [6.45, 7) is 4.17. The Morgan fingerprint density at radius 1 is 0.980 bits per heavy atom. The Hall–Kier alpha value is -5.74. The molecule has 5 aromatic rings. The number of aryl methyl sites for hydroxylation is 1. The molecule has 13 heteroatoms. The van der Waals surface area contributed by atoms with Crippen LogP contribution in [0.4, 0.5) is 10.6 Å². The second-order valence-corrected chi connectivity index (χ2v) is 13.0. The molecule has 2 aliphatic rings. The van der Waals surface area contributed by atoms with E-state index in [1.165, 1.54) is 0 Å². The number of carbonyl (C=O) groups excluding carboxylic acids is 1. The molecule has 2 atom stereocenters. The number of hydrogen-bond donors (Lipinski definition) is 0. The summed E-state index contributed by atoms with van der Waals surface area (Å²) in [5, 5.41) is 11.5. The van der Waals surface area contributed by atoms with Gasteiger partial charge in [-0.3, -0.25) is 9.36 Å². The SMILES string of the molecule is COc1cc(-n2c(C)nc3c(N4CCN(C(=O)OCc5ccccc5)[C@@H](CC#N)C4)nc(OCC4CCCN4C)nc3c2=O)c2ccccc2c1. The Morgan fingerprint density at radius 2 is 1.78 bits per heavy atom. The number of likely N-dealkylation sites (N-methyl/N-ethyl adjacent to an activating group) is 1. The first kappa shape index (κ1) is 33.7. The quantitative estimate of drug-likeness (QED) is 0.210. The van der Waals surface area contributed by atoms with Gasteiger partial charge in [0, 0.05) is 37.1 Å². The molecular formula is C38H40N8O5. The number of nitrogens with zero attached hydrogens (tertiary/aromatic N) is 8. The molecule has 2 fully saturated rings. The van der Waals surface area contributed by atoms with E-state index < -0.39 is 12.1 Å². The molecule has 0 saturated carbocycles. The number of amides is 1. The molecule has 2 saturated heterocycles. The van der Waals surface area contributed by atoms with Crippen molar-refractivity contribution in [2.45, 2.75) is 44.9 Å². The first-order valence-electron chi connectivity index (χ1n) is 17.2. The molecule has 0 bridgehead atoms. The highest BCUT2D eigenvalue weighted by Gasteiger charge is 2.34. The van der Waals surface area contributed by atoms with Gasteiger partial charge in [-0.05, 0) is 50.4 Å². The molecule has 3 aromatic carbocycles. The summed E-state index contributed by atoms with van der Waals surface area (Å²) in [6, 6.07) is 23.0. The first-order chi connectivity index (χ1) is 24.8. The Bertz CT molecular complexity index is 2170. The van der Waals surface area contributed by atoms with Gasteiger partial charge in [0.05, 0.1) is 31.3 Å². The maximum atomic E-state index is 14.6. The van der Waals surface area contributed by atoms with Crippen LogP contribution in [-0.4, -0.2) is 94.4 Å². The zero-order chi connectivity index (χ0) is 35.5. The lowest BCUT2D eigenvalue weighted by Crippen LogP contribution is -2.55. The van der Waals surface area contributed by atoms with Crippen molar-refractivity contribution in [3.05, 3.63) is 88.5 Å². The fraction of sp³-hybridized carbons (Fsp3) is 0.368. The normalized spacial score (nSPS) is 17.8. The highest BCUT2D eigenvalue weighted by molar-refractivity contribution is 5.93. The number of fused-ring (bicyclic) bond motifs is 2. The van der Waals surface area contributed by atoms with Gasteiger partial charge < -0.3 is 28.9 Å². The number of rotatable bonds is 9. The standard InChI is InChI=1S/C38H40N8O5/c1-25-40-33-34(36(47)46(25)32-21-30(49-3)20-27-12-7-8-14-31(27)32)41-37(50-24-29-13-9-17-43(29)2)42-35(33)44-18-19-45(28(22-44)15-16-39)38(48)51-23-26-10-5-4-6-11-26/h4-8,10-12,14,20-21,28-29H,9,13,15,17-19,22-24H2,1-3H3/t28-,29?/m0/s1. The molecule has 7 rings (SSSR count). The smallest absolute Gasteiger partial charge is 0.410 e. The molecule has 0 spiro atoms. The van der Waals surface area contributed by atoms with E-state index in [-0.39, 0.29) is 49.2 Å². The maximum absolute atomic E-state index is 14.6. The van der Waals surface area contributed by atoms with Crippen LogP contribution < -0.4 is 19.9 Å². The minimum Gasteiger partial charge on any atom is -0.497 e. The van der Waals surface area contributed by atoms with Crippen LogP contribution in [0.5, 0.6) is 11.8 Å². The van der Waals surface area contributed by atoms with Gasteiger partial charge in [0.2, 0.25) is 0 Å². The molecule has 0 radical (unpaired) electrons. The first-order valence-corrected chi connectivity index (χ1v) is 17.2. The van der Waals surface area contributed by atoms with E-state index >= 15 is 0 Å². The highest BCUT2D eigenvalue weighted by atomic mass is 16.6. The van der Waals surface area contributed by atoms with E-state index in [1.54, 1.807) is 23.5 Å². The topological polar surface area (TPSA) is 139 Å². The molecule has 1 unspecified atom stereocenters. The van der Waals surface area contributed by atoms with Crippen LogP contribution in [-0.2, 0) is 11.3 Å². The predicted octanol–water partition coefficient (Wildman–Crippen LogP) is 4.86. The van der Waals surface area contributed by atoms with Crippen LogP contribution in [0.3, 0.4) is 0 Å². The van der Waals surface area contributed by atoms with Gasteiger partial charge in [-0.15, -0.1) is 0 Å². The summed E-state index contributed by atoms with van der Waals surface area (Å²) in [7, 11) is 3.66. The molecule has 0 aliphatic carbocycles. The van der Waals surface area contributed by atoms with Gasteiger partial charge in [0.25, 0.3) is 5.56 Å². The molecule has 262 valence electrons. The number of hydrogen-bond acceptors (Lipinski definition) is 11. The van der Waals surface area contributed by atoms with Crippen molar-refractivity contribution < 1.29 is 19.0 Å². The number of anilines is 1. The van der Waals surface area contributed by atoms with Crippen molar-refractivity contribution in [1.29, 1.82) is 5.26 Å². The summed E-state index contributed by atoms with van der Waals surface area (Å²) < 4.78 is 19.0. The third-order valence-corrected chi connectivity index (χ3v) is 9.76. The van der Waals surface area contributed by atoms with Gasteiger partial charge in [-0.1, -0.05) is 54.6 Å². The Labute approximate surface area is 295 Å². The van der Waals surface area contributed by atoms with Crippen LogP contribution in [0, 0.1) is 18.3 Å². The molecular weight excluding hydrogens is 648 g/mol. The van der Waals surface area contributed by atoms with Crippen LogP contribution >= 0.6 is 0 Å². The summed E-state index contributed by atoms with van der Waals surface area (Å²) in [4.78, 5) is 48.1. The maximum Gasteiger partial charge on any atom is 0.410 e. The van der Waals surface area contributed by atoms with Gasteiger partial charge in [-0.2, -0.15) is 15.2 Å². The van der Waals surface area contributed by atoms with Crippen molar-refractivity contribution in [3.63, 3.8) is 0 Å². The van der Waals surface area contributed by atoms with E-state index in [2.05, 4.69) is 23.0 Å². The summed E-state index contributed by atoms with van der Waals surface area (Å²) in [6.07, 6.45) is 1.67. The number of nitriles is 1. The van der Waals surface area contributed by atoms with Crippen molar-refractivity contribution in [2.24, 2.45) is 0 Å².